The Kier molecular flexibility index (Phi) is 3.67. The van der Waals surface area contributed by atoms with E-state index in [2.05, 4.69) is 0 Å². The number of fused-ring (bicyclic) bond motifs is 3. The third-order valence-electron chi connectivity index (χ3n) is 5.81. The van der Waals surface area contributed by atoms with Gasteiger partial charge in [0.1, 0.15) is 11.5 Å². The van der Waals surface area contributed by atoms with Crippen molar-refractivity contribution in [1.29, 1.82) is 0 Å². The second-order valence-corrected chi connectivity index (χ2v) is 7.13. The predicted molar refractivity (Wildman–Crippen MR) is 95.6 cm³/mol. The van der Waals surface area contributed by atoms with E-state index in [9.17, 15) is 4.79 Å². The summed E-state index contributed by atoms with van der Waals surface area (Å²) in [6.45, 7) is 0.645. The molecule has 1 fully saturated rings. The van der Waals surface area contributed by atoms with E-state index in [4.69, 9.17) is 23.7 Å². The van der Waals surface area contributed by atoms with Crippen LogP contribution in [0.5, 0.6) is 23.0 Å². The number of benzene rings is 2. The first-order chi connectivity index (χ1) is 13.2. The molecule has 0 radical (unpaired) electrons. The highest BCUT2D eigenvalue weighted by Crippen LogP contribution is 2.50. The zero-order chi connectivity index (χ0) is 18.5. The summed E-state index contributed by atoms with van der Waals surface area (Å²) in [5, 5.41) is 0. The molecule has 6 heteroatoms. The highest BCUT2D eigenvalue weighted by molar-refractivity contribution is 5.77. The van der Waals surface area contributed by atoms with Crippen molar-refractivity contribution in [3.05, 3.63) is 47.0 Å². The topological polar surface area (TPSA) is 63.2 Å². The van der Waals surface area contributed by atoms with Crippen LogP contribution in [0.4, 0.5) is 0 Å². The first-order valence-electron chi connectivity index (χ1n) is 9.00. The molecule has 5 rings (SSSR count). The zero-order valence-corrected chi connectivity index (χ0v) is 15.2. The number of carbonyl (C=O) groups is 1. The molecule has 140 valence electrons. The van der Waals surface area contributed by atoms with Crippen molar-refractivity contribution >= 4 is 5.97 Å². The van der Waals surface area contributed by atoms with E-state index >= 15 is 0 Å². The van der Waals surface area contributed by atoms with E-state index in [-0.39, 0.29) is 30.5 Å². The van der Waals surface area contributed by atoms with Gasteiger partial charge in [0.15, 0.2) is 11.5 Å². The highest BCUT2D eigenvalue weighted by atomic mass is 16.7. The quantitative estimate of drug-likeness (QED) is 0.777. The number of ether oxygens (including phenoxy) is 5. The van der Waals surface area contributed by atoms with Crippen molar-refractivity contribution in [3.63, 3.8) is 0 Å². The molecule has 2 aromatic carbocycles. The lowest BCUT2D eigenvalue weighted by Crippen LogP contribution is -2.31. The normalized spacial score (nSPS) is 24.8. The van der Waals surface area contributed by atoms with Gasteiger partial charge in [-0.3, -0.25) is 4.79 Å². The maximum atomic E-state index is 12.3. The van der Waals surface area contributed by atoms with Gasteiger partial charge in [0.2, 0.25) is 6.79 Å². The molecule has 0 saturated carbocycles. The number of esters is 1. The minimum Gasteiger partial charge on any atom is -0.497 e. The third-order valence-corrected chi connectivity index (χ3v) is 5.81. The predicted octanol–water partition coefficient (Wildman–Crippen LogP) is 2.91. The summed E-state index contributed by atoms with van der Waals surface area (Å²) < 4.78 is 27.5. The van der Waals surface area contributed by atoms with Crippen LogP contribution >= 0.6 is 0 Å². The Bertz CT molecular complexity index is 899. The first-order valence-corrected chi connectivity index (χ1v) is 9.00. The van der Waals surface area contributed by atoms with Crippen molar-refractivity contribution < 1.29 is 28.5 Å². The summed E-state index contributed by atoms with van der Waals surface area (Å²) in [6, 6.07) is 9.91. The third kappa shape index (κ3) is 2.51. The lowest BCUT2D eigenvalue weighted by Gasteiger charge is -2.34. The van der Waals surface area contributed by atoms with Crippen LogP contribution in [0.1, 0.15) is 22.6 Å². The summed E-state index contributed by atoms with van der Waals surface area (Å²) >= 11 is 0. The molecule has 6 nitrogen and oxygen atoms in total. The molecule has 3 aliphatic rings. The maximum absolute atomic E-state index is 12.3. The molecular weight excluding hydrogens is 348 g/mol. The number of hydrogen-bond donors (Lipinski definition) is 0. The van der Waals surface area contributed by atoms with Gasteiger partial charge in [-0.05, 0) is 47.4 Å². The molecule has 0 N–H and O–H groups in total. The van der Waals surface area contributed by atoms with Gasteiger partial charge < -0.3 is 23.7 Å². The fourth-order valence-corrected chi connectivity index (χ4v) is 4.51. The van der Waals surface area contributed by atoms with Gasteiger partial charge in [-0.1, -0.05) is 0 Å². The monoisotopic (exact) mass is 368 g/mol. The minimum atomic E-state index is -0.153. The van der Waals surface area contributed by atoms with Gasteiger partial charge in [-0.25, -0.2) is 0 Å². The largest absolute Gasteiger partial charge is 0.497 e. The smallest absolute Gasteiger partial charge is 0.309 e. The lowest BCUT2D eigenvalue weighted by atomic mass is 9.67. The molecule has 1 aliphatic carbocycles. The van der Waals surface area contributed by atoms with Crippen LogP contribution in [0.2, 0.25) is 0 Å². The van der Waals surface area contributed by atoms with Crippen molar-refractivity contribution in [2.75, 3.05) is 27.6 Å². The van der Waals surface area contributed by atoms with E-state index in [0.29, 0.717) is 13.0 Å². The Morgan fingerprint density at radius 3 is 2.33 bits per heavy atom. The second-order valence-electron chi connectivity index (χ2n) is 7.13. The lowest BCUT2D eigenvalue weighted by molar-refractivity contribution is -0.141. The van der Waals surface area contributed by atoms with Crippen LogP contribution in [0.3, 0.4) is 0 Å². The van der Waals surface area contributed by atoms with E-state index in [1.165, 1.54) is 0 Å². The van der Waals surface area contributed by atoms with Crippen LogP contribution in [-0.2, 0) is 16.0 Å². The molecule has 27 heavy (non-hydrogen) atoms. The molecule has 3 atom stereocenters. The molecule has 2 aliphatic heterocycles. The zero-order valence-electron chi connectivity index (χ0n) is 15.2. The number of methoxy groups -OCH3 is 2. The van der Waals surface area contributed by atoms with Gasteiger partial charge in [0.05, 0.1) is 26.7 Å². The number of hydrogen-bond acceptors (Lipinski definition) is 6. The van der Waals surface area contributed by atoms with Gasteiger partial charge >= 0.3 is 5.97 Å². The fourth-order valence-electron chi connectivity index (χ4n) is 4.51. The highest BCUT2D eigenvalue weighted by Gasteiger charge is 2.47. The Morgan fingerprint density at radius 1 is 0.926 bits per heavy atom. The van der Waals surface area contributed by atoms with Gasteiger partial charge in [0, 0.05) is 17.9 Å². The molecule has 0 spiro atoms. The van der Waals surface area contributed by atoms with E-state index in [0.717, 1.165) is 39.7 Å². The average molecular weight is 368 g/mol. The van der Waals surface area contributed by atoms with Gasteiger partial charge in [0.25, 0.3) is 0 Å². The van der Waals surface area contributed by atoms with E-state index in [1.54, 1.807) is 14.2 Å². The molecule has 1 saturated heterocycles. The summed E-state index contributed by atoms with van der Waals surface area (Å²) in [4.78, 5) is 12.3. The van der Waals surface area contributed by atoms with Crippen molar-refractivity contribution in [2.45, 2.75) is 12.3 Å². The molecule has 0 amide bonds. The summed E-state index contributed by atoms with van der Waals surface area (Å²) in [7, 11) is 3.27. The average Bonchev–Trinajstić information content (AvgIpc) is 3.30. The summed E-state index contributed by atoms with van der Waals surface area (Å²) in [6.07, 6.45) is 0.660. The molecular formula is C21H20O6. The summed E-state index contributed by atoms with van der Waals surface area (Å²) in [5.41, 5.74) is 3.29. The van der Waals surface area contributed by atoms with Gasteiger partial charge in [-0.2, -0.15) is 0 Å². The Morgan fingerprint density at radius 2 is 1.63 bits per heavy atom. The number of carbonyl (C=O) groups excluding carboxylic acids is 1. The van der Waals surface area contributed by atoms with Crippen molar-refractivity contribution in [3.8, 4) is 23.0 Å². The van der Waals surface area contributed by atoms with Crippen LogP contribution in [0.15, 0.2) is 30.3 Å². The fraction of sp³-hybridized carbons (Fsp3) is 0.381. The second kappa shape index (κ2) is 6.08. The Hall–Kier alpha value is -2.89. The first kappa shape index (κ1) is 16.3. The standard InChI is InChI=1S/C21H20O6/c1-23-13-3-12(4-14(7-13)24-2)20-15-8-19-18(26-10-27-19)6-11(15)5-16-17(20)9-25-21(16)22/h3-4,6-8,16-17,20H,5,9-10H2,1-2H3. The van der Waals surface area contributed by atoms with Gasteiger partial charge in [-0.15, -0.1) is 0 Å². The SMILES string of the molecule is COc1cc(OC)cc(C2c3cc4c(cc3CC3C(=O)OCC32)OCO4)c1. The van der Waals surface area contributed by atoms with Crippen LogP contribution in [0, 0.1) is 11.8 Å². The van der Waals surface area contributed by atoms with Crippen molar-refractivity contribution in [1.82, 2.24) is 0 Å². The molecule has 0 bridgehead atoms. The Labute approximate surface area is 156 Å². The van der Waals surface area contributed by atoms with E-state index < -0.39 is 0 Å². The molecule has 2 heterocycles. The summed E-state index contributed by atoms with van der Waals surface area (Å²) in [5.74, 6) is 2.71. The number of rotatable bonds is 3. The van der Waals surface area contributed by atoms with Crippen LogP contribution < -0.4 is 18.9 Å². The number of cyclic esters (lactones) is 1. The maximum Gasteiger partial charge on any atom is 0.309 e. The van der Waals surface area contributed by atoms with Crippen LogP contribution in [-0.4, -0.2) is 33.6 Å². The minimum absolute atomic E-state index is 0.0105. The van der Waals surface area contributed by atoms with E-state index in [1.807, 2.05) is 30.3 Å². The Balaban J connectivity index is 1.69. The van der Waals surface area contributed by atoms with Crippen molar-refractivity contribution in [2.24, 2.45) is 11.8 Å². The molecule has 0 aromatic heterocycles. The molecule has 2 aromatic rings. The molecule has 3 unspecified atom stereocenters. The van der Waals surface area contributed by atoms with Crippen LogP contribution in [0.25, 0.3) is 0 Å².